The Morgan fingerprint density at radius 3 is 2.50 bits per heavy atom. The van der Waals surface area contributed by atoms with Gasteiger partial charge in [0.25, 0.3) is 5.91 Å². The summed E-state index contributed by atoms with van der Waals surface area (Å²) in [6.07, 6.45) is 0. The van der Waals surface area contributed by atoms with Gasteiger partial charge in [-0.2, -0.15) is 0 Å². The van der Waals surface area contributed by atoms with Crippen LogP contribution in [0.2, 0.25) is 5.02 Å². The van der Waals surface area contributed by atoms with Crippen molar-refractivity contribution in [1.82, 2.24) is 0 Å². The Morgan fingerprint density at radius 1 is 1.17 bits per heavy atom. The molecule has 1 amide bonds. The minimum absolute atomic E-state index is 0.145. The molecule has 4 heteroatoms. The molecule has 0 saturated carbocycles. The van der Waals surface area contributed by atoms with Gasteiger partial charge in [0.15, 0.2) is 0 Å². The summed E-state index contributed by atoms with van der Waals surface area (Å²) < 4.78 is 0.943. The zero-order valence-corrected chi connectivity index (χ0v) is 12.0. The van der Waals surface area contributed by atoms with Crippen LogP contribution in [0.25, 0.3) is 0 Å². The van der Waals surface area contributed by atoms with E-state index >= 15 is 0 Å². The third kappa shape index (κ3) is 3.12. The van der Waals surface area contributed by atoms with Crippen LogP contribution in [0.1, 0.15) is 15.9 Å². The quantitative estimate of drug-likeness (QED) is 0.855. The number of aryl methyl sites for hydroxylation is 1. The van der Waals surface area contributed by atoms with Crippen LogP contribution in [-0.2, 0) is 0 Å². The molecule has 0 bridgehead atoms. The van der Waals surface area contributed by atoms with E-state index in [4.69, 9.17) is 11.6 Å². The summed E-state index contributed by atoms with van der Waals surface area (Å²) in [6.45, 7) is 1.92. The molecule has 0 atom stereocenters. The molecule has 2 rings (SSSR count). The number of hydrogen-bond donors (Lipinski definition) is 1. The van der Waals surface area contributed by atoms with Gasteiger partial charge in [-0.3, -0.25) is 4.79 Å². The molecule has 0 spiro atoms. The van der Waals surface area contributed by atoms with Gasteiger partial charge in [0.2, 0.25) is 0 Å². The lowest BCUT2D eigenvalue weighted by Gasteiger charge is -2.08. The van der Waals surface area contributed by atoms with Crippen molar-refractivity contribution in [2.24, 2.45) is 0 Å². The minimum atomic E-state index is -0.145. The first-order chi connectivity index (χ1) is 8.56. The molecule has 0 unspecified atom stereocenters. The van der Waals surface area contributed by atoms with Crippen LogP contribution in [0.5, 0.6) is 0 Å². The standard InChI is InChI=1S/C14H11BrClNO/c1-9-2-7-12(16)8-13(9)17-14(18)10-3-5-11(15)6-4-10/h2-8H,1H3,(H,17,18). The van der Waals surface area contributed by atoms with E-state index in [1.807, 2.05) is 25.1 Å². The van der Waals surface area contributed by atoms with Crippen LogP contribution in [0.4, 0.5) is 5.69 Å². The molecule has 0 heterocycles. The normalized spacial score (nSPS) is 10.2. The van der Waals surface area contributed by atoms with Crippen molar-refractivity contribution in [2.75, 3.05) is 5.32 Å². The van der Waals surface area contributed by atoms with Gasteiger partial charge < -0.3 is 5.32 Å². The average Bonchev–Trinajstić information content (AvgIpc) is 2.34. The summed E-state index contributed by atoms with van der Waals surface area (Å²) in [5.74, 6) is -0.145. The first kappa shape index (κ1) is 13.1. The van der Waals surface area contributed by atoms with Crippen molar-refractivity contribution in [3.05, 3.63) is 63.1 Å². The lowest BCUT2D eigenvalue weighted by atomic mass is 10.1. The second-order valence-electron chi connectivity index (χ2n) is 3.92. The lowest BCUT2D eigenvalue weighted by Crippen LogP contribution is -2.12. The van der Waals surface area contributed by atoms with Crippen molar-refractivity contribution in [3.8, 4) is 0 Å². The number of benzene rings is 2. The Labute approximate surface area is 119 Å². The SMILES string of the molecule is Cc1ccc(Cl)cc1NC(=O)c1ccc(Br)cc1. The zero-order chi connectivity index (χ0) is 13.1. The fraction of sp³-hybridized carbons (Fsp3) is 0.0714. The molecule has 92 valence electrons. The van der Waals surface area contributed by atoms with E-state index in [0.717, 1.165) is 15.7 Å². The molecule has 0 aliphatic heterocycles. The summed E-state index contributed by atoms with van der Waals surface area (Å²) in [5.41, 5.74) is 2.32. The zero-order valence-electron chi connectivity index (χ0n) is 9.71. The van der Waals surface area contributed by atoms with Crippen molar-refractivity contribution in [3.63, 3.8) is 0 Å². The number of hydrogen-bond acceptors (Lipinski definition) is 1. The summed E-state index contributed by atoms with van der Waals surface area (Å²) in [7, 11) is 0. The number of halogens is 2. The maximum atomic E-state index is 12.0. The van der Waals surface area contributed by atoms with E-state index in [0.29, 0.717) is 10.6 Å². The molecule has 2 aromatic rings. The van der Waals surface area contributed by atoms with Crippen LogP contribution in [0, 0.1) is 6.92 Å². The predicted molar refractivity (Wildman–Crippen MR) is 78.3 cm³/mol. The van der Waals surface area contributed by atoms with Crippen LogP contribution in [0.3, 0.4) is 0 Å². The molecule has 0 saturated heterocycles. The van der Waals surface area contributed by atoms with Crippen LogP contribution < -0.4 is 5.32 Å². The van der Waals surface area contributed by atoms with E-state index < -0.39 is 0 Å². The van der Waals surface area contributed by atoms with Gasteiger partial charge in [-0.1, -0.05) is 33.6 Å². The molecule has 0 aromatic heterocycles. The first-order valence-electron chi connectivity index (χ1n) is 5.39. The van der Waals surface area contributed by atoms with Crippen molar-refractivity contribution >= 4 is 39.1 Å². The molecule has 2 nitrogen and oxygen atoms in total. The molecule has 2 aromatic carbocycles. The number of carbonyl (C=O) groups is 1. The second-order valence-corrected chi connectivity index (χ2v) is 5.27. The minimum Gasteiger partial charge on any atom is -0.322 e. The number of rotatable bonds is 2. The number of carbonyl (C=O) groups excluding carboxylic acids is 1. The topological polar surface area (TPSA) is 29.1 Å². The molecule has 0 aliphatic rings. The predicted octanol–water partition coefficient (Wildman–Crippen LogP) is 4.66. The molecule has 18 heavy (non-hydrogen) atoms. The van der Waals surface area contributed by atoms with Gasteiger partial charge >= 0.3 is 0 Å². The first-order valence-corrected chi connectivity index (χ1v) is 6.56. The molecular weight excluding hydrogens is 314 g/mol. The smallest absolute Gasteiger partial charge is 0.255 e. The van der Waals surface area contributed by atoms with Crippen molar-refractivity contribution in [1.29, 1.82) is 0 Å². The highest BCUT2D eigenvalue weighted by Gasteiger charge is 2.07. The van der Waals surface area contributed by atoms with Gasteiger partial charge in [0, 0.05) is 20.7 Å². The second kappa shape index (κ2) is 5.55. The van der Waals surface area contributed by atoms with Gasteiger partial charge in [-0.15, -0.1) is 0 Å². The maximum Gasteiger partial charge on any atom is 0.255 e. The summed E-state index contributed by atoms with van der Waals surface area (Å²) in [6, 6.07) is 12.6. The fourth-order valence-corrected chi connectivity index (χ4v) is 1.96. The Bertz CT molecular complexity index is 581. The molecule has 0 aliphatic carbocycles. The highest BCUT2D eigenvalue weighted by atomic mass is 79.9. The maximum absolute atomic E-state index is 12.0. The van der Waals surface area contributed by atoms with Gasteiger partial charge in [0.05, 0.1) is 0 Å². The molecule has 1 N–H and O–H groups in total. The Kier molecular flexibility index (Phi) is 4.04. The summed E-state index contributed by atoms with van der Waals surface area (Å²) in [4.78, 5) is 12.0. The molecule has 0 radical (unpaired) electrons. The number of anilines is 1. The van der Waals surface area contributed by atoms with Crippen LogP contribution in [0.15, 0.2) is 46.9 Å². The van der Waals surface area contributed by atoms with E-state index in [1.165, 1.54) is 0 Å². The Morgan fingerprint density at radius 2 is 1.83 bits per heavy atom. The summed E-state index contributed by atoms with van der Waals surface area (Å²) in [5, 5.41) is 3.45. The van der Waals surface area contributed by atoms with E-state index in [1.54, 1.807) is 24.3 Å². The van der Waals surface area contributed by atoms with E-state index in [-0.39, 0.29) is 5.91 Å². The monoisotopic (exact) mass is 323 g/mol. The highest BCUT2D eigenvalue weighted by Crippen LogP contribution is 2.21. The van der Waals surface area contributed by atoms with E-state index in [2.05, 4.69) is 21.2 Å². The fourth-order valence-electron chi connectivity index (χ4n) is 1.52. The Hall–Kier alpha value is -1.32. The van der Waals surface area contributed by atoms with Crippen LogP contribution >= 0.6 is 27.5 Å². The molecular formula is C14H11BrClNO. The molecule has 0 fully saturated rings. The van der Waals surface area contributed by atoms with E-state index in [9.17, 15) is 4.79 Å². The average molecular weight is 325 g/mol. The third-order valence-electron chi connectivity index (χ3n) is 2.55. The third-order valence-corrected chi connectivity index (χ3v) is 3.32. The summed E-state index contributed by atoms with van der Waals surface area (Å²) >= 11 is 9.24. The van der Waals surface area contributed by atoms with Crippen molar-refractivity contribution < 1.29 is 4.79 Å². The van der Waals surface area contributed by atoms with Gasteiger partial charge in [-0.05, 0) is 48.9 Å². The highest BCUT2D eigenvalue weighted by molar-refractivity contribution is 9.10. The van der Waals surface area contributed by atoms with Crippen LogP contribution in [-0.4, -0.2) is 5.91 Å². The van der Waals surface area contributed by atoms with Gasteiger partial charge in [0.1, 0.15) is 0 Å². The number of amides is 1. The largest absolute Gasteiger partial charge is 0.322 e. The lowest BCUT2D eigenvalue weighted by molar-refractivity contribution is 0.102. The Balaban J connectivity index is 2.21. The van der Waals surface area contributed by atoms with Crippen molar-refractivity contribution in [2.45, 2.75) is 6.92 Å². The van der Waals surface area contributed by atoms with Gasteiger partial charge in [-0.25, -0.2) is 0 Å². The number of nitrogens with one attached hydrogen (secondary N) is 1.